The van der Waals surface area contributed by atoms with Crippen molar-refractivity contribution in [2.45, 2.75) is 0 Å². The molecule has 0 aliphatic heterocycles. The van der Waals surface area contributed by atoms with Crippen LogP contribution in [0, 0.1) is 0 Å². The standard InChI is InChI=1S/Hg.H3P.H2S.2Zn/h;1H3;1H2;;. The molecule has 0 aliphatic rings. The van der Waals surface area contributed by atoms with Crippen molar-refractivity contribution in [3.8, 4) is 0 Å². The van der Waals surface area contributed by atoms with E-state index >= 15 is 0 Å². The fourth-order valence-corrected chi connectivity index (χ4v) is 0. The second-order valence-corrected chi connectivity index (χ2v) is 0. The second-order valence-electron chi connectivity index (χ2n) is 0. The van der Waals surface area contributed by atoms with E-state index in [0.29, 0.717) is 0 Å². The monoisotopic (exact) mass is 398 g/mol. The summed E-state index contributed by atoms with van der Waals surface area (Å²) in [6, 6.07) is 0. The third-order valence-electron chi connectivity index (χ3n) is 0. The molecule has 0 fully saturated rings. The zero-order valence-corrected chi connectivity index (χ0v) is 17.2. The molecule has 0 rings (SSSR count). The van der Waals surface area contributed by atoms with Crippen LogP contribution in [-0.2, 0) is 66.6 Å². The Balaban J connectivity index is 0. The summed E-state index contributed by atoms with van der Waals surface area (Å²) < 4.78 is 0. The first-order chi connectivity index (χ1) is 0. The van der Waals surface area contributed by atoms with Gasteiger partial charge < -0.3 is 0 Å². The fraction of sp³-hybridized carbons (Fsp3) is 0. The van der Waals surface area contributed by atoms with Gasteiger partial charge in [0.15, 0.2) is 0 Å². The van der Waals surface area contributed by atoms with Crippen LogP contribution in [0.2, 0.25) is 0 Å². The van der Waals surface area contributed by atoms with E-state index in [9.17, 15) is 0 Å². The van der Waals surface area contributed by atoms with E-state index in [0.717, 1.165) is 0 Å². The van der Waals surface area contributed by atoms with Crippen LogP contribution in [0.15, 0.2) is 0 Å². The van der Waals surface area contributed by atoms with Gasteiger partial charge in [-0.2, -0.15) is 23.4 Å². The molecule has 0 nitrogen and oxygen atoms in total. The molecule has 0 spiro atoms. The first-order valence-electron chi connectivity index (χ1n) is 0. The van der Waals surface area contributed by atoms with E-state index in [1.165, 1.54) is 0 Å². The number of hydrogen-bond donors (Lipinski definition) is 0. The molecule has 0 heterocycles. The van der Waals surface area contributed by atoms with Gasteiger partial charge in [-0.15, -0.1) is 0 Å². The Morgan fingerprint density at radius 3 is 0.800 bits per heavy atom. The molecule has 0 N–H and O–H groups in total. The Morgan fingerprint density at radius 1 is 0.800 bits per heavy atom. The molecular weight excluding hydrogens is 394 g/mol. The summed E-state index contributed by atoms with van der Waals surface area (Å²) in [4.78, 5) is 0. The molecular formula is H5HgPSZn2. The summed E-state index contributed by atoms with van der Waals surface area (Å²) >= 11 is 0. The predicted octanol–water partition coefficient (Wildman–Crippen LogP) is 0.163. The summed E-state index contributed by atoms with van der Waals surface area (Å²) in [5.74, 6) is 0. The SMILES string of the molecule is P.S.[Hg].[Zn].[Zn]. The zero-order valence-electron chi connectivity index (χ0n) is 3.33. The minimum absolute atomic E-state index is 0. The van der Waals surface area contributed by atoms with Crippen molar-refractivity contribution in [3.05, 3.63) is 0 Å². The molecule has 0 amide bonds. The second kappa shape index (κ2) is 28.2. The molecule has 1 unspecified atom stereocenters. The van der Waals surface area contributed by atoms with E-state index in [2.05, 4.69) is 0 Å². The molecule has 1 atom stereocenters. The van der Waals surface area contributed by atoms with Gasteiger partial charge in [-0.1, -0.05) is 0 Å². The van der Waals surface area contributed by atoms with Crippen molar-refractivity contribution < 1.29 is 66.6 Å². The van der Waals surface area contributed by atoms with Crippen molar-refractivity contribution in [2.75, 3.05) is 0 Å². The summed E-state index contributed by atoms with van der Waals surface area (Å²) in [5, 5.41) is 0. The van der Waals surface area contributed by atoms with Gasteiger partial charge in [0, 0.05) is 66.6 Å². The van der Waals surface area contributed by atoms with Crippen LogP contribution in [0.4, 0.5) is 0 Å². The molecule has 5 heavy (non-hydrogen) atoms. The van der Waals surface area contributed by atoms with Crippen LogP contribution >= 0.6 is 23.4 Å². The van der Waals surface area contributed by atoms with Gasteiger partial charge in [-0.05, 0) is 0 Å². The average molecular weight is 399 g/mol. The Labute approximate surface area is 88.7 Å². The molecule has 0 aliphatic carbocycles. The van der Waals surface area contributed by atoms with Gasteiger partial charge in [0.1, 0.15) is 0 Å². The molecule has 0 aromatic rings. The van der Waals surface area contributed by atoms with Gasteiger partial charge in [0.25, 0.3) is 0 Å². The van der Waals surface area contributed by atoms with Gasteiger partial charge in [0.05, 0.1) is 0 Å². The molecule has 0 radical (unpaired) electrons. The van der Waals surface area contributed by atoms with Crippen LogP contribution in [0.3, 0.4) is 0 Å². The molecule has 0 aromatic heterocycles. The van der Waals surface area contributed by atoms with Crippen molar-refractivity contribution in [2.24, 2.45) is 0 Å². The third-order valence-corrected chi connectivity index (χ3v) is 0. The van der Waals surface area contributed by atoms with E-state index < -0.39 is 0 Å². The third kappa shape index (κ3) is 19.5. The topological polar surface area (TPSA) is 0 Å². The first-order valence-corrected chi connectivity index (χ1v) is 0. The maximum atomic E-state index is 0. The Hall–Kier alpha value is 2.96. The fourth-order valence-electron chi connectivity index (χ4n) is 0. The average Bonchev–Trinajstić information content (AvgIpc) is 0. The summed E-state index contributed by atoms with van der Waals surface area (Å²) in [6.45, 7) is 0. The maximum absolute atomic E-state index is 0. The molecule has 0 saturated heterocycles. The van der Waals surface area contributed by atoms with Crippen molar-refractivity contribution in [1.29, 1.82) is 0 Å². The van der Waals surface area contributed by atoms with E-state index in [1.807, 2.05) is 0 Å². The minimum atomic E-state index is 0. The van der Waals surface area contributed by atoms with Crippen molar-refractivity contribution in [3.63, 3.8) is 0 Å². The Kier molecular flexibility index (Phi) is 248. The van der Waals surface area contributed by atoms with E-state index in [-0.39, 0.29) is 90.0 Å². The quantitative estimate of drug-likeness (QED) is 0.402. The Morgan fingerprint density at radius 2 is 0.800 bits per heavy atom. The largest absolute Gasteiger partial charge is 0.197 e. The zero-order chi connectivity index (χ0) is 0. The van der Waals surface area contributed by atoms with Crippen LogP contribution in [0.5, 0.6) is 0 Å². The first kappa shape index (κ1) is 44.0. The van der Waals surface area contributed by atoms with Gasteiger partial charge in [0.2, 0.25) is 0 Å². The van der Waals surface area contributed by atoms with Crippen LogP contribution < -0.4 is 0 Å². The van der Waals surface area contributed by atoms with Crippen LogP contribution in [0.1, 0.15) is 0 Å². The van der Waals surface area contributed by atoms with Gasteiger partial charge >= 0.3 is 0 Å². The van der Waals surface area contributed by atoms with Gasteiger partial charge in [-0.25, -0.2) is 0 Å². The summed E-state index contributed by atoms with van der Waals surface area (Å²) in [7, 11) is 0. The molecule has 0 saturated carbocycles. The molecule has 0 aromatic carbocycles. The van der Waals surface area contributed by atoms with Gasteiger partial charge in [-0.3, -0.25) is 0 Å². The minimum Gasteiger partial charge on any atom is -0.197 e. The smallest absolute Gasteiger partial charge is 0 e. The number of hydrogen-bond acceptors (Lipinski definition) is 0. The van der Waals surface area contributed by atoms with Crippen LogP contribution in [-0.4, -0.2) is 0 Å². The number of rotatable bonds is 0. The summed E-state index contributed by atoms with van der Waals surface area (Å²) in [6.07, 6.45) is 0. The molecule has 0 bridgehead atoms. The van der Waals surface area contributed by atoms with E-state index in [4.69, 9.17) is 0 Å². The normalized spacial score (nSPS) is 0. The predicted molar refractivity (Wildman–Crippen MR) is 21.5 cm³/mol. The molecule has 5 heteroatoms. The van der Waals surface area contributed by atoms with Crippen molar-refractivity contribution in [1.82, 2.24) is 0 Å². The van der Waals surface area contributed by atoms with Crippen molar-refractivity contribution >= 4 is 23.4 Å². The van der Waals surface area contributed by atoms with Crippen LogP contribution in [0.25, 0.3) is 0 Å². The maximum Gasteiger partial charge on any atom is 0 e. The Bertz CT molecular complexity index is 9.61. The molecule has 22 valence electrons. The van der Waals surface area contributed by atoms with E-state index in [1.54, 1.807) is 0 Å². The summed E-state index contributed by atoms with van der Waals surface area (Å²) in [5.41, 5.74) is 0.